The number of fused-ring (bicyclic) bond motifs is 1. The number of nitrogen functional groups attached to an aromatic ring is 1. The minimum atomic E-state index is 0.241. The number of methoxy groups -OCH3 is 1. The average molecular weight is 232 g/mol. The molecule has 0 fully saturated rings. The van der Waals surface area contributed by atoms with Gasteiger partial charge in [0.15, 0.2) is 0 Å². The normalized spacial score (nSPS) is 10.0. The van der Waals surface area contributed by atoms with E-state index in [1.54, 1.807) is 12.1 Å². The molecular formula is C10H8N4OS. The van der Waals surface area contributed by atoms with Gasteiger partial charge in [0.05, 0.1) is 12.6 Å². The second-order valence-corrected chi connectivity index (χ2v) is 3.83. The Morgan fingerprint density at radius 2 is 2.25 bits per heavy atom. The fourth-order valence-corrected chi connectivity index (χ4v) is 1.73. The molecular weight excluding hydrogens is 224 g/mol. The summed E-state index contributed by atoms with van der Waals surface area (Å²) in [5.74, 6) is 0.349. The minimum Gasteiger partial charge on any atom is -0.467 e. The largest absolute Gasteiger partial charge is 0.467 e. The van der Waals surface area contributed by atoms with Gasteiger partial charge in [0.1, 0.15) is 11.2 Å². The molecule has 0 spiro atoms. The molecule has 6 heteroatoms. The molecule has 0 radical (unpaired) electrons. The lowest BCUT2D eigenvalue weighted by atomic mass is 10.2. The molecule has 16 heavy (non-hydrogen) atoms. The monoisotopic (exact) mass is 232 g/mol. The Hall–Kier alpha value is -2.00. The first-order valence-corrected chi connectivity index (χ1v) is 5.23. The van der Waals surface area contributed by atoms with E-state index in [1.165, 1.54) is 7.11 Å². The number of nitrogens with zero attached hydrogens (tertiary/aromatic N) is 3. The Morgan fingerprint density at radius 3 is 2.94 bits per heavy atom. The quantitative estimate of drug-likeness (QED) is 0.627. The van der Waals surface area contributed by atoms with E-state index in [2.05, 4.69) is 9.97 Å². The molecule has 0 unspecified atom stereocenters. The molecule has 0 amide bonds. The van der Waals surface area contributed by atoms with Crippen molar-refractivity contribution in [3.63, 3.8) is 0 Å². The lowest BCUT2D eigenvalue weighted by Gasteiger charge is -2.04. The van der Waals surface area contributed by atoms with Crippen LogP contribution in [-0.4, -0.2) is 17.1 Å². The number of benzene rings is 1. The van der Waals surface area contributed by atoms with Gasteiger partial charge in [-0.05, 0) is 30.0 Å². The molecule has 2 aromatic rings. The third-order valence-electron chi connectivity index (χ3n) is 2.02. The van der Waals surface area contributed by atoms with Crippen LogP contribution in [0.15, 0.2) is 23.1 Å². The fraction of sp³-hybridized carbons (Fsp3) is 0.100. The average Bonchev–Trinajstić information content (AvgIpc) is 2.30. The summed E-state index contributed by atoms with van der Waals surface area (Å²) in [6.45, 7) is 0. The van der Waals surface area contributed by atoms with Crippen LogP contribution >= 0.6 is 11.8 Å². The Morgan fingerprint density at radius 1 is 1.44 bits per heavy atom. The molecule has 0 aliphatic rings. The highest BCUT2D eigenvalue weighted by atomic mass is 32.2. The van der Waals surface area contributed by atoms with E-state index in [0.29, 0.717) is 11.3 Å². The number of thioether (sulfide) groups is 1. The van der Waals surface area contributed by atoms with Crippen molar-refractivity contribution >= 4 is 28.5 Å². The first kappa shape index (κ1) is 10.5. The van der Waals surface area contributed by atoms with E-state index < -0.39 is 0 Å². The van der Waals surface area contributed by atoms with Crippen molar-refractivity contribution in [2.75, 3.05) is 12.8 Å². The highest BCUT2D eigenvalue weighted by Gasteiger charge is 2.06. The number of nitriles is 1. The lowest BCUT2D eigenvalue weighted by molar-refractivity contribution is 0.382. The van der Waals surface area contributed by atoms with Gasteiger partial charge in [-0.25, -0.2) is 0 Å². The van der Waals surface area contributed by atoms with Crippen molar-refractivity contribution in [3.8, 4) is 11.4 Å². The number of nitrogens with two attached hydrogens (primary N) is 1. The van der Waals surface area contributed by atoms with E-state index in [9.17, 15) is 0 Å². The zero-order valence-electron chi connectivity index (χ0n) is 8.47. The van der Waals surface area contributed by atoms with Crippen molar-refractivity contribution in [3.05, 3.63) is 18.2 Å². The van der Waals surface area contributed by atoms with Gasteiger partial charge in [-0.2, -0.15) is 15.2 Å². The first-order chi connectivity index (χ1) is 7.74. The van der Waals surface area contributed by atoms with E-state index in [1.807, 2.05) is 11.5 Å². The molecule has 0 aliphatic carbocycles. The van der Waals surface area contributed by atoms with E-state index in [0.717, 1.165) is 22.0 Å². The highest BCUT2D eigenvalue weighted by Crippen LogP contribution is 2.26. The topological polar surface area (TPSA) is 84.8 Å². The van der Waals surface area contributed by atoms with Crippen LogP contribution in [0.25, 0.3) is 10.9 Å². The Labute approximate surface area is 96.3 Å². The summed E-state index contributed by atoms with van der Waals surface area (Å²) >= 11 is 1.07. The SMILES string of the molecule is COc1nc(N)c2cc(SC#N)ccc2n1. The molecule has 80 valence electrons. The molecule has 0 bridgehead atoms. The molecule has 0 aliphatic heterocycles. The second-order valence-electron chi connectivity index (χ2n) is 2.97. The van der Waals surface area contributed by atoms with Crippen LogP contribution < -0.4 is 10.5 Å². The molecule has 0 saturated heterocycles. The first-order valence-electron chi connectivity index (χ1n) is 4.42. The van der Waals surface area contributed by atoms with Crippen molar-refractivity contribution in [1.82, 2.24) is 9.97 Å². The van der Waals surface area contributed by atoms with Crippen molar-refractivity contribution < 1.29 is 4.74 Å². The fourth-order valence-electron chi connectivity index (χ4n) is 1.32. The van der Waals surface area contributed by atoms with Crippen molar-refractivity contribution in [2.45, 2.75) is 4.90 Å². The Bertz CT molecular complexity index is 579. The smallest absolute Gasteiger partial charge is 0.318 e. The zero-order chi connectivity index (χ0) is 11.5. The molecule has 1 aromatic heterocycles. The molecule has 0 saturated carbocycles. The predicted octanol–water partition coefficient (Wildman–Crippen LogP) is 1.79. The maximum absolute atomic E-state index is 8.57. The standard InChI is InChI=1S/C10H8N4OS/c1-15-10-13-8-3-2-6(16-5-11)4-7(8)9(12)14-10/h2-4H,1H3,(H2,12,13,14). The Kier molecular flexibility index (Phi) is 2.79. The summed E-state index contributed by atoms with van der Waals surface area (Å²) in [6, 6.07) is 5.63. The number of ether oxygens (including phenoxy) is 1. The minimum absolute atomic E-state index is 0.241. The van der Waals surface area contributed by atoms with Crippen LogP contribution in [-0.2, 0) is 0 Å². The highest BCUT2D eigenvalue weighted by molar-refractivity contribution is 8.03. The van der Waals surface area contributed by atoms with E-state index in [-0.39, 0.29) is 6.01 Å². The summed E-state index contributed by atoms with van der Waals surface area (Å²) in [7, 11) is 1.49. The van der Waals surface area contributed by atoms with Crippen LogP contribution in [0.1, 0.15) is 0 Å². The maximum atomic E-state index is 8.57. The van der Waals surface area contributed by atoms with Gasteiger partial charge in [0, 0.05) is 10.3 Å². The third-order valence-corrected chi connectivity index (χ3v) is 2.60. The number of hydrogen-bond donors (Lipinski definition) is 1. The number of anilines is 1. The van der Waals surface area contributed by atoms with E-state index >= 15 is 0 Å². The summed E-state index contributed by atoms with van der Waals surface area (Å²) in [5.41, 5.74) is 6.47. The second kappa shape index (κ2) is 4.24. The zero-order valence-corrected chi connectivity index (χ0v) is 9.28. The maximum Gasteiger partial charge on any atom is 0.318 e. The molecule has 0 atom stereocenters. The van der Waals surface area contributed by atoms with Crippen LogP contribution in [0.3, 0.4) is 0 Å². The molecule has 1 aromatic carbocycles. The summed E-state index contributed by atoms with van der Waals surface area (Å²) in [6.07, 6.45) is 0. The number of rotatable bonds is 2. The van der Waals surface area contributed by atoms with Gasteiger partial charge >= 0.3 is 6.01 Å². The van der Waals surface area contributed by atoms with Gasteiger partial charge in [-0.3, -0.25) is 0 Å². The van der Waals surface area contributed by atoms with Gasteiger partial charge in [-0.15, -0.1) is 0 Å². The Balaban J connectivity index is 2.62. The summed E-state index contributed by atoms with van der Waals surface area (Å²) < 4.78 is 4.92. The number of aromatic nitrogens is 2. The van der Waals surface area contributed by atoms with Gasteiger partial charge in [0.2, 0.25) is 0 Å². The molecule has 2 N–H and O–H groups in total. The van der Waals surface area contributed by atoms with Crippen LogP contribution in [0, 0.1) is 10.7 Å². The number of thiocyanates is 1. The van der Waals surface area contributed by atoms with Crippen molar-refractivity contribution in [2.24, 2.45) is 0 Å². The molecule has 1 heterocycles. The van der Waals surface area contributed by atoms with Gasteiger partial charge in [0.25, 0.3) is 0 Å². The molecule has 5 nitrogen and oxygen atoms in total. The lowest BCUT2D eigenvalue weighted by Crippen LogP contribution is -1.98. The van der Waals surface area contributed by atoms with Gasteiger partial charge < -0.3 is 10.5 Å². The summed E-state index contributed by atoms with van der Waals surface area (Å²) in [4.78, 5) is 8.94. The summed E-state index contributed by atoms with van der Waals surface area (Å²) in [5, 5.41) is 11.3. The predicted molar refractivity (Wildman–Crippen MR) is 62.0 cm³/mol. The van der Waals surface area contributed by atoms with Crippen LogP contribution in [0.2, 0.25) is 0 Å². The van der Waals surface area contributed by atoms with Crippen LogP contribution in [0.5, 0.6) is 6.01 Å². The molecule has 2 rings (SSSR count). The van der Waals surface area contributed by atoms with E-state index in [4.69, 9.17) is 15.7 Å². The third kappa shape index (κ3) is 1.85. The van der Waals surface area contributed by atoms with Crippen LogP contribution in [0.4, 0.5) is 5.82 Å². The van der Waals surface area contributed by atoms with Gasteiger partial charge in [-0.1, -0.05) is 0 Å². The number of hydrogen-bond acceptors (Lipinski definition) is 6. The van der Waals surface area contributed by atoms with Crippen molar-refractivity contribution in [1.29, 1.82) is 5.26 Å².